The van der Waals surface area contributed by atoms with Crippen molar-refractivity contribution in [2.45, 2.75) is 33.8 Å². The lowest BCUT2D eigenvalue weighted by atomic mass is 10.2. The van der Waals surface area contributed by atoms with Crippen LogP contribution in [0.1, 0.15) is 30.8 Å². The highest BCUT2D eigenvalue weighted by atomic mass is 16.5. The van der Waals surface area contributed by atoms with Gasteiger partial charge in [-0.05, 0) is 51.5 Å². The van der Waals surface area contributed by atoms with Crippen molar-refractivity contribution >= 4 is 23.6 Å². The molecule has 1 N–H and O–H groups in total. The van der Waals surface area contributed by atoms with E-state index in [0.717, 1.165) is 11.3 Å². The van der Waals surface area contributed by atoms with Crippen LogP contribution in [0, 0.1) is 13.8 Å². The van der Waals surface area contributed by atoms with Crippen LogP contribution in [0.5, 0.6) is 11.5 Å². The fourth-order valence-corrected chi connectivity index (χ4v) is 2.62. The van der Waals surface area contributed by atoms with Crippen LogP contribution in [0.4, 0.5) is 5.69 Å². The van der Waals surface area contributed by atoms with Crippen LogP contribution in [-0.4, -0.2) is 41.5 Å². The van der Waals surface area contributed by atoms with E-state index in [2.05, 4.69) is 10.4 Å². The number of carbonyl (C=O) groups is 2. The highest BCUT2D eigenvalue weighted by molar-refractivity contribution is 5.95. The molecule has 2 aromatic rings. The lowest BCUT2D eigenvalue weighted by molar-refractivity contribution is -0.142. The van der Waals surface area contributed by atoms with Crippen LogP contribution in [0.3, 0.4) is 0 Å². The van der Waals surface area contributed by atoms with Gasteiger partial charge in [0.15, 0.2) is 18.1 Å². The second-order valence-corrected chi connectivity index (χ2v) is 6.74. The summed E-state index contributed by atoms with van der Waals surface area (Å²) in [6, 6.07) is 5.32. The first-order chi connectivity index (χ1) is 13.7. The third kappa shape index (κ3) is 6.10. The van der Waals surface area contributed by atoms with Gasteiger partial charge in [-0.3, -0.25) is 9.48 Å². The van der Waals surface area contributed by atoms with E-state index in [1.54, 1.807) is 50.0 Å². The smallest absolute Gasteiger partial charge is 0.331 e. The molecule has 1 aromatic heterocycles. The zero-order chi connectivity index (χ0) is 21.6. The third-order valence-corrected chi connectivity index (χ3v) is 4.08. The molecule has 0 atom stereocenters. The van der Waals surface area contributed by atoms with E-state index in [0.29, 0.717) is 22.9 Å². The maximum absolute atomic E-state index is 12.0. The molecule has 2 rings (SSSR count). The summed E-state index contributed by atoms with van der Waals surface area (Å²) in [5.41, 5.74) is 2.88. The summed E-state index contributed by atoms with van der Waals surface area (Å²) in [5.74, 6) is 0.139. The average Bonchev–Trinajstić information content (AvgIpc) is 2.91. The van der Waals surface area contributed by atoms with Crippen molar-refractivity contribution in [3.63, 3.8) is 0 Å². The third-order valence-electron chi connectivity index (χ3n) is 4.08. The number of anilines is 1. The number of rotatable bonds is 8. The first-order valence-electron chi connectivity index (χ1n) is 9.20. The molecule has 0 unspecified atom stereocenters. The van der Waals surface area contributed by atoms with E-state index >= 15 is 0 Å². The Morgan fingerprint density at radius 2 is 1.97 bits per heavy atom. The molecule has 0 aliphatic heterocycles. The van der Waals surface area contributed by atoms with E-state index in [4.69, 9.17) is 14.2 Å². The van der Waals surface area contributed by atoms with Crippen LogP contribution in [0.25, 0.3) is 6.08 Å². The van der Waals surface area contributed by atoms with Crippen LogP contribution < -0.4 is 14.8 Å². The number of amides is 1. The number of hydrogen-bond donors (Lipinski definition) is 1. The predicted molar refractivity (Wildman–Crippen MR) is 110 cm³/mol. The summed E-state index contributed by atoms with van der Waals surface area (Å²) in [4.78, 5) is 24.0. The highest BCUT2D eigenvalue weighted by Gasteiger charge is 2.13. The maximum Gasteiger partial charge on any atom is 0.331 e. The van der Waals surface area contributed by atoms with Gasteiger partial charge in [0.1, 0.15) is 0 Å². The molecule has 0 spiro atoms. The SMILES string of the molecule is COc1cc(/C=C/C(=O)OCC(=O)Nc2c(C)nn(C)c2C)ccc1OC(C)C. The number of nitrogens with zero attached hydrogens (tertiary/aromatic N) is 2. The van der Waals surface area contributed by atoms with Gasteiger partial charge in [0.05, 0.1) is 30.3 Å². The molecule has 1 amide bonds. The van der Waals surface area contributed by atoms with Crippen molar-refractivity contribution in [2.24, 2.45) is 7.05 Å². The van der Waals surface area contributed by atoms with Gasteiger partial charge in [-0.2, -0.15) is 5.10 Å². The van der Waals surface area contributed by atoms with Gasteiger partial charge >= 0.3 is 5.97 Å². The quantitative estimate of drug-likeness (QED) is 0.540. The number of benzene rings is 1. The van der Waals surface area contributed by atoms with E-state index in [9.17, 15) is 9.59 Å². The van der Waals surface area contributed by atoms with Gasteiger partial charge < -0.3 is 19.5 Å². The number of nitrogens with one attached hydrogen (secondary N) is 1. The van der Waals surface area contributed by atoms with Crippen LogP contribution in [-0.2, 0) is 21.4 Å². The molecule has 0 bridgehead atoms. The summed E-state index contributed by atoms with van der Waals surface area (Å²) in [5, 5.41) is 6.93. The normalized spacial score (nSPS) is 11.0. The fourth-order valence-electron chi connectivity index (χ4n) is 2.62. The molecular formula is C21H27N3O5. The second-order valence-electron chi connectivity index (χ2n) is 6.74. The molecule has 0 radical (unpaired) electrons. The fraction of sp³-hybridized carbons (Fsp3) is 0.381. The maximum atomic E-state index is 12.0. The van der Waals surface area contributed by atoms with E-state index in [1.165, 1.54) is 6.08 Å². The Kier molecular flexibility index (Phi) is 7.41. The van der Waals surface area contributed by atoms with Crippen molar-refractivity contribution in [3.8, 4) is 11.5 Å². The summed E-state index contributed by atoms with van der Waals surface area (Å²) >= 11 is 0. The van der Waals surface area contributed by atoms with E-state index in [1.807, 2.05) is 20.8 Å². The lowest BCUT2D eigenvalue weighted by Crippen LogP contribution is -2.20. The van der Waals surface area contributed by atoms with Crippen LogP contribution in [0.2, 0.25) is 0 Å². The monoisotopic (exact) mass is 401 g/mol. The minimum Gasteiger partial charge on any atom is -0.493 e. The summed E-state index contributed by atoms with van der Waals surface area (Å²) in [7, 11) is 3.34. The Hall–Kier alpha value is -3.29. The summed E-state index contributed by atoms with van der Waals surface area (Å²) in [6.07, 6.45) is 2.86. The van der Waals surface area contributed by atoms with Crippen molar-refractivity contribution in [3.05, 3.63) is 41.2 Å². The number of ether oxygens (including phenoxy) is 3. The molecule has 156 valence electrons. The Morgan fingerprint density at radius 3 is 2.55 bits per heavy atom. The zero-order valence-corrected chi connectivity index (χ0v) is 17.6. The van der Waals surface area contributed by atoms with Crippen molar-refractivity contribution in [2.75, 3.05) is 19.0 Å². The standard InChI is InChI=1S/C21H27N3O5/c1-13(2)29-17-9-7-16(11-18(17)27-6)8-10-20(26)28-12-19(25)22-21-14(3)23-24(5)15(21)4/h7-11,13H,12H2,1-6H3,(H,22,25)/b10-8+. The molecule has 8 nitrogen and oxygen atoms in total. The molecular weight excluding hydrogens is 374 g/mol. The van der Waals surface area contributed by atoms with Gasteiger partial charge in [-0.15, -0.1) is 0 Å². The van der Waals surface area contributed by atoms with E-state index < -0.39 is 11.9 Å². The van der Waals surface area contributed by atoms with Gasteiger partial charge in [0.25, 0.3) is 5.91 Å². The molecule has 1 aromatic carbocycles. The Balaban J connectivity index is 1.91. The molecule has 0 saturated heterocycles. The van der Waals surface area contributed by atoms with Crippen LogP contribution in [0.15, 0.2) is 24.3 Å². The largest absolute Gasteiger partial charge is 0.493 e. The summed E-state index contributed by atoms with van der Waals surface area (Å²) in [6.45, 7) is 7.10. The number of aryl methyl sites for hydroxylation is 2. The second kappa shape index (κ2) is 9.77. The first kappa shape index (κ1) is 22.0. The molecule has 0 fully saturated rings. The molecule has 8 heteroatoms. The zero-order valence-electron chi connectivity index (χ0n) is 17.6. The summed E-state index contributed by atoms with van der Waals surface area (Å²) < 4.78 is 17.6. The van der Waals surface area contributed by atoms with Gasteiger partial charge in [-0.1, -0.05) is 6.07 Å². The molecule has 0 aliphatic carbocycles. The molecule has 29 heavy (non-hydrogen) atoms. The van der Waals surface area contributed by atoms with Crippen LogP contribution >= 0.6 is 0 Å². The number of aromatic nitrogens is 2. The minimum atomic E-state index is -0.624. The number of hydrogen-bond acceptors (Lipinski definition) is 6. The number of carbonyl (C=O) groups excluding carboxylic acids is 2. The van der Waals surface area contributed by atoms with E-state index in [-0.39, 0.29) is 12.7 Å². The van der Waals surface area contributed by atoms with Crippen molar-refractivity contribution < 1.29 is 23.8 Å². The number of esters is 1. The van der Waals surface area contributed by atoms with Crippen molar-refractivity contribution in [1.82, 2.24) is 9.78 Å². The Bertz CT molecular complexity index is 915. The highest BCUT2D eigenvalue weighted by Crippen LogP contribution is 2.29. The van der Waals surface area contributed by atoms with Gasteiger partial charge in [0.2, 0.25) is 0 Å². The molecule has 0 saturated carbocycles. The Labute approximate surface area is 170 Å². The minimum absolute atomic E-state index is 0.0191. The van der Waals surface area contributed by atoms with Gasteiger partial charge in [0, 0.05) is 13.1 Å². The molecule has 0 aliphatic rings. The topological polar surface area (TPSA) is 91.7 Å². The average molecular weight is 401 g/mol. The van der Waals surface area contributed by atoms with Crippen molar-refractivity contribution in [1.29, 1.82) is 0 Å². The van der Waals surface area contributed by atoms with Gasteiger partial charge in [-0.25, -0.2) is 4.79 Å². The molecule has 1 heterocycles. The number of methoxy groups -OCH3 is 1. The first-order valence-corrected chi connectivity index (χ1v) is 9.20. The Morgan fingerprint density at radius 1 is 1.24 bits per heavy atom. The predicted octanol–water partition coefficient (Wildman–Crippen LogP) is 3.03. The lowest BCUT2D eigenvalue weighted by Gasteiger charge is -2.13.